The molecule has 0 radical (unpaired) electrons. The fourth-order valence-corrected chi connectivity index (χ4v) is 12.5. The quantitative estimate of drug-likeness (QED) is 0.0387. The molecule has 2 amide bonds. The standard InChI is InChI=1S/C50H80N2O16/c1-8-23-62-46(59)51-21-11-9-10-12-22-52-47(60)66-32-17-19-48(6)31(24-32)14-15-33-34(48)18-20-49(7)35(33)25-39(50(49,61)29(4)36(54)16-13-28(2)3)67-45-43(65-30(5)53)42(38(56)27-64-45)68-44-41(58)40(57)37(55)26-63-44/h8,14,28-29,32-35,37-45,55-58,61H,1,9-13,15-27H2,2-7H3,(H,51,59)(H,52,60)/t29-,32+,33-,34?,35+,37?,38?,39+,40?,41?,42?,43?,44?,45?,48+,49+,50-/m1/s1. The first-order valence-electron chi connectivity index (χ1n) is 25.1. The van der Waals surface area contributed by atoms with Gasteiger partial charge < -0.3 is 69.3 Å². The minimum Gasteiger partial charge on any atom is -0.454 e. The van der Waals surface area contributed by atoms with E-state index in [4.69, 9.17) is 33.2 Å². The van der Waals surface area contributed by atoms with Gasteiger partial charge in [-0.15, -0.1) is 0 Å². The zero-order valence-corrected chi connectivity index (χ0v) is 41.0. The van der Waals surface area contributed by atoms with Crippen molar-refractivity contribution < 1.29 is 77.9 Å². The highest BCUT2D eigenvalue weighted by Crippen LogP contribution is 2.69. The number of aliphatic hydroxyl groups excluding tert-OH is 4. The zero-order chi connectivity index (χ0) is 49.6. The number of allylic oxidation sites excluding steroid dienone is 1. The summed E-state index contributed by atoms with van der Waals surface area (Å²) in [4.78, 5) is 51.3. The first-order chi connectivity index (χ1) is 32.2. The molecule has 0 bridgehead atoms. The van der Waals surface area contributed by atoms with Crippen molar-refractivity contribution in [3.8, 4) is 0 Å². The second-order valence-electron chi connectivity index (χ2n) is 21.1. The van der Waals surface area contributed by atoms with Crippen LogP contribution in [0.4, 0.5) is 9.59 Å². The van der Waals surface area contributed by atoms with Gasteiger partial charge in [0.15, 0.2) is 18.7 Å². The molecule has 7 N–H and O–H groups in total. The molecule has 386 valence electrons. The third-order valence-corrected chi connectivity index (χ3v) is 16.4. The number of ketones is 1. The van der Waals surface area contributed by atoms with Gasteiger partial charge in [-0.1, -0.05) is 71.8 Å². The van der Waals surface area contributed by atoms with Crippen molar-refractivity contribution in [2.24, 2.45) is 40.4 Å². The number of hydrogen-bond acceptors (Lipinski definition) is 16. The lowest BCUT2D eigenvalue weighted by atomic mass is 9.46. The summed E-state index contributed by atoms with van der Waals surface area (Å²) in [7, 11) is 0. The Morgan fingerprint density at radius 3 is 2.21 bits per heavy atom. The lowest BCUT2D eigenvalue weighted by Crippen LogP contribution is -2.64. The maximum absolute atomic E-state index is 14.2. The summed E-state index contributed by atoms with van der Waals surface area (Å²) in [5.41, 5.74) is -1.35. The number of aliphatic hydroxyl groups is 5. The maximum atomic E-state index is 14.2. The van der Waals surface area contributed by atoms with Crippen LogP contribution in [0.3, 0.4) is 0 Å². The van der Waals surface area contributed by atoms with Crippen molar-refractivity contribution in [2.45, 2.75) is 192 Å². The summed E-state index contributed by atoms with van der Waals surface area (Å²) in [6, 6.07) is 0. The predicted molar refractivity (Wildman–Crippen MR) is 245 cm³/mol. The molecule has 2 heterocycles. The van der Waals surface area contributed by atoms with E-state index in [1.54, 1.807) is 6.92 Å². The van der Waals surface area contributed by atoms with Crippen molar-refractivity contribution in [1.29, 1.82) is 0 Å². The number of alkyl carbamates (subject to hydrolysis) is 2. The average molecular weight is 965 g/mol. The Morgan fingerprint density at radius 2 is 1.53 bits per heavy atom. The molecule has 0 aromatic carbocycles. The SMILES string of the molecule is C=CCOC(=O)NCCCCCCNC(=O)O[C@H]1CC[C@@]2(C)C(=CC[C@@H]3C2CC[C@@]2(C)[C@H]3C[C@H](OC3OCC(O)C(OC4OCC(O)C(O)C4O)C3OC(C)=O)[C@]2(O)[C@H](C)C(=O)CCC(C)C)C1. The van der Waals surface area contributed by atoms with E-state index in [-0.39, 0.29) is 67.2 Å². The number of unbranched alkanes of at least 4 members (excludes halogenated alkanes) is 3. The second kappa shape index (κ2) is 23.4. The molecular formula is C50H80N2O16. The molecule has 2 saturated heterocycles. The van der Waals surface area contributed by atoms with Crippen LogP contribution in [0.2, 0.25) is 0 Å². The van der Waals surface area contributed by atoms with Gasteiger partial charge in [-0.05, 0) is 86.9 Å². The number of hydrogen-bond donors (Lipinski definition) is 7. The van der Waals surface area contributed by atoms with Crippen LogP contribution in [0, 0.1) is 40.4 Å². The molecule has 0 aromatic rings. The van der Waals surface area contributed by atoms with Gasteiger partial charge >= 0.3 is 18.2 Å². The summed E-state index contributed by atoms with van der Waals surface area (Å²) in [5.74, 6) is -1.09. The van der Waals surface area contributed by atoms with E-state index >= 15 is 0 Å². The van der Waals surface area contributed by atoms with Crippen molar-refractivity contribution >= 4 is 23.9 Å². The number of rotatable bonds is 20. The van der Waals surface area contributed by atoms with Gasteiger partial charge in [-0.2, -0.15) is 0 Å². The Morgan fingerprint density at radius 1 is 0.853 bits per heavy atom. The minimum atomic E-state index is -1.69. The average Bonchev–Trinajstić information content (AvgIpc) is 3.53. The highest BCUT2D eigenvalue weighted by Gasteiger charge is 2.70. The molecule has 0 spiro atoms. The largest absolute Gasteiger partial charge is 0.454 e. The van der Waals surface area contributed by atoms with Crippen LogP contribution in [-0.2, 0) is 42.7 Å². The molecule has 18 heteroatoms. The van der Waals surface area contributed by atoms with Gasteiger partial charge in [-0.25, -0.2) is 9.59 Å². The summed E-state index contributed by atoms with van der Waals surface area (Å²) >= 11 is 0. The normalized spacial score (nSPS) is 39.3. The smallest absolute Gasteiger partial charge is 0.407 e. The maximum Gasteiger partial charge on any atom is 0.407 e. The van der Waals surface area contributed by atoms with Crippen molar-refractivity contribution in [3.63, 3.8) is 0 Å². The van der Waals surface area contributed by atoms with E-state index in [0.29, 0.717) is 45.2 Å². The predicted octanol–water partition coefficient (Wildman–Crippen LogP) is 4.36. The van der Waals surface area contributed by atoms with Gasteiger partial charge in [0.25, 0.3) is 0 Å². The van der Waals surface area contributed by atoms with Crippen LogP contribution in [0.15, 0.2) is 24.3 Å². The van der Waals surface area contributed by atoms with Gasteiger partial charge in [0, 0.05) is 44.2 Å². The summed E-state index contributed by atoms with van der Waals surface area (Å²) < 4.78 is 41.0. The van der Waals surface area contributed by atoms with Crippen LogP contribution in [0.1, 0.15) is 125 Å². The Hall–Kier alpha value is -3.20. The van der Waals surface area contributed by atoms with E-state index in [1.807, 2.05) is 0 Å². The van der Waals surface area contributed by atoms with Crippen molar-refractivity contribution in [1.82, 2.24) is 10.6 Å². The number of amides is 2. The molecule has 17 atom stereocenters. The number of carbonyl (C=O) groups is 4. The lowest BCUT2D eigenvalue weighted by molar-refractivity contribution is -0.345. The molecule has 18 nitrogen and oxygen atoms in total. The highest BCUT2D eigenvalue weighted by molar-refractivity contribution is 5.82. The van der Waals surface area contributed by atoms with E-state index in [2.05, 4.69) is 51.0 Å². The molecule has 6 rings (SSSR count). The van der Waals surface area contributed by atoms with Crippen LogP contribution in [0.5, 0.6) is 0 Å². The Bertz CT molecular complexity index is 1780. The second-order valence-corrected chi connectivity index (χ2v) is 21.1. The fraction of sp³-hybridized carbons (Fsp3) is 0.840. The Kier molecular flexibility index (Phi) is 18.6. The molecular weight excluding hydrogens is 885 g/mol. The van der Waals surface area contributed by atoms with Crippen LogP contribution in [-0.4, -0.2) is 149 Å². The summed E-state index contributed by atoms with van der Waals surface area (Å²) in [5, 5.41) is 61.3. The number of esters is 1. The number of ether oxygens (including phenoxy) is 7. The number of nitrogens with one attached hydrogen (secondary N) is 2. The Labute approximate surface area is 401 Å². The zero-order valence-electron chi connectivity index (χ0n) is 41.0. The molecule has 4 aliphatic carbocycles. The molecule has 3 saturated carbocycles. The molecule has 0 aromatic heterocycles. The van der Waals surface area contributed by atoms with Crippen LogP contribution in [0.25, 0.3) is 0 Å². The number of fused-ring (bicyclic) bond motifs is 5. The molecule has 9 unspecified atom stereocenters. The van der Waals surface area contributed by atoms with E-state index in [9.17, 15) is 44.7 Å². The Balaban J connectivity index is 1.14. The summed E-state index contributed by atoms with van der Waals surface area (Å²) in [6.45, 7) is 15.5. The van der Waals surface area contributed by atoms with Crippen LogP contribution < -0.4 is 10.6 Å². The first-order valence-corrected chi connectivity index (χ1v) is 25.1. The van der Waals surface area contributed by atoms with Gasteiger partial charge in [0.2, 0.25) is 0 Å². The van der Waals surface area contributed by atoms with E-state index in [1.165, 1.54) is 18.6 Å². The number of Topliss-reactive ketones (excluding diaryl/α,β-unsaturated/α-hetero) is 1. The van der Waals surface area contributed by atoms with E-state index < -0.39 is 90.4 Å². The molecule has 5 fully saturated rings. The third kappa shape index (κ3) is 11.8. The lowest BCUT2D eigenvalue weighted by Gasteiger charge is -2.59. The summed E-state index contributed by atoms with van der Waals surface area (Å²) in [6.07, 6.45) is -0.999. The third-order valence-electron chi connectivity index (χ3n) is 16.4. The molecule has 68 heavy (non-hydrogen) atoms. The fourth-order valence-electron chi connectivity index (χ4n) is 12.5. The molecule has 2 aliphatic heterocycles. The van der Waals surface area contributed by atoms with Crippen molar-refractivity contribution in [3.05, 3.63) is 24.3 Å². The van der Waals surface area contributed by atoms with Gasteiger partial charge in [0.05, 0.1) is 19.3 Å². The first kappa shape index (κ1) is 54.1. The highest BCUT2D eigenvalue weighted by atomic mass is 16.7. The van der Waals surface area contributed by atoms with Crippen molar-refractivity contribution in [2.75, 3.05) is 32.9 Å². The number of carbonyl (C=O) groups excluding carboxylic acids is 4. The van der Waals surface area contributed by atoms with Crippen LogP contribution >= 0.6 is 0 Å². The van der Waals surface area contributed by atoms with Gasteiger partial charge in [0.1, 0.15) is 54.6 Å². The monoisotopic (exact) mass is 965 g/mol. The topological polar surface area (TPSA) is 258 Å². The molecule has 6 aliphatic rings. The van der Waals surface area contributed by atoms with E-state index in [0.717, 1.165) is 44.9 Å². The van der Waals surface area contributed by atoms with Gasteiger partial charge in [-0.3, -0.25) is 9.59 Å². The minimum absolute atomic E-state index is 0.0749.